The first kappa shape index (κ1) is 13.8. The molecule has 0 aliphatic carbocycles. The lowest BCUT2D eigenvalue weighted by molar-refractivity contribution is 0.565. The first-order valence-electron chi connectivity index (χ1n) is 5.43. The monoisotopic (exact) mass is 257 g/mol. The molecule has 0 radical (unpaired) electrons. The number of nitrogens with one attached hydrogen (secondary N) is 2. The first-order valence-corrected chi connectivity index (χ1v) is 6.92. The summed E-state index contributed by atoms with van der Waals surface area (Å²) < 4.78 is 28.3. The van der Waals surface area contributed by atoms with E-state index in [9.17, 15) is 8.42 Å². The summed E-state index contributed by atoms with van der Waals surface area (Å²) in [7, 11) is -3.51. The lowest BCUT2D eigenvalue weighted by Crippen LogP contribution is -2.33. The van der Waals surface area contributed by atoms with Crippen LogP contribution in [-0.4, -0.2) is 15.0 Å². The van der Waals surface area contributed by atoms with Gasteiger partial charge in [-0.1, -0.05) is 13.8 Å². The fourth-order valence-corrected chi connectivity index (χ4v) is 2.40. The number of hydrogen-bond donors (Lipinski definition) is 3. The van der Waals surface area contributed by atoms with E-state index in [0.717, 1.165) is 5.56 Å². The molecule has 0 aromatic heterocycles. The third-order valence-corrected chi connectivity index (χ3v) is 3.21. The summed E-state index contributed by atoms with van der Waals surface area (Å²) in [6.45, 7) is 6.09. The van der Waals surface area contributed by atoms with Crippen molar-refractivity contribution in [1.82, 2.24) is 4.72 Å². The Kier molecular flexibility index (Phi) is 4.36. The van der Waals surface area contributed by atoms with E-state index in [4.69, 9.17) is 5.73 Å². The van der Waals surface area contributed by atoms with Gasteiger partial charge in [0.15, 0.2) is 0 Å². The van der Waals surface area contributed by atoms with Crippen LogP contribution in [0.25, 0.3) is 0 Å². The number of benzene rings is 1. The minimum Gasteiger partial charge on any atom is -0.399 e. The fourth-order valence-electron chi connectivity index (χ4n) is 1.26. The highest BCUT2D eigenvalue weighted by Gasteiger charge is 2.11. The topological polar surface area (TPSA) is 84.2 Å². The average Bonchev–Trinajstić information content (AvgIpc) is 2.20. The molecule has 0 saturated carbocycles. The van der Waals surface area contributed by atoms with Crippen LogP contribution in [0.5, 0.6) is 0 Å². The molecule has 0 atom stereocenters. The van der Waals surface area contributed by atoms with Gasteiger partial charge in [0.1, 0.15) is 0 Å². The SMILES string of the molecule is Cc1cc(N)ccc1NS(=O)(=O)NCC(C)C. The molecule has 1 rings (SSSR count). The minimum atomic E-state index is -3.51. The molecular formula is C11H19N3O2S. The van der Waals surface area contributed by atoms with Crippen LogP contribution in [0.4, 0.5) is 11.4 Å². The van der Waals surface area contributed by atoms with Crippen molar-refractivity contribution in [1.29, 1.82) is 0 Å². The molecule has 6 heteroatoms. The van der Waals surface area contributed by atoms with Gasteiger partial charge in [0, 0.05) is 12.2 Å². The summed E-state index contributed by atoms with van der Waals surface area (Å²) in [5.74, 6) is 0.263. The molecule has 0 saturated heterocycles. The zero-order valence-electron chi connectivity index (χ0n) is 10.3. The number of anilines is 2. The fraction of sp³-hybridized carbons (Fsp3) is 0.455. The second-order valence-electron chi connectivity index (χ2n) is 4.42. The van der Waals surface area contributed by atoms with Crippen molar-refractivity contribution in [3.8, 4) is 0 Å². The van der Waals surface area contributed by atoms with Gasteiger partial charge in [-0.05, 0) is 36.6 Å². The Labute approximate surface area is 103 Å². The highest BCUT2D eigenvalue weighted by Crippen LogP contribution is 2.18. The van der Waals surface area contributed by atoms with E-state index in [0.29, 0.717) is 17.9 Å². The third kappa shape index (κ3) is 4.62. The lowest BCUT2D eigenvalue weighted by atomic mass is 10.2. The van der Waals surface area contributed by atoms with E-state index in [2.05, 4.69) is 9.44 Å². The number of rotatable bonds is 5. The Morgan fingerprint density at radius 3 is 2.53 bits per heavy atom. The Morgan fingerprint density at radius 2 is 2.00 bits per heavy atom. The summed E-state index contributed by atoms with van der Waals surface area (Å²) >= 11 is 0. The van der Waals surface area contributed by atoms with Crippen molar-refractivity contribution in [3.63, 3.8) is 0 Å². The molecule has 4 N–H and O–H groups in total. The number of aryl methyl sites for hydroxylation is 1. The van der Waals surface area contributed by atoms with Crippen LogP contribution in [0.2, 0.25) is 0 Å². The van der Waals surface area contributed by atoms with Crippen LogP contribution in [0.1, 0.15) is 19.4 Å². The zero-order valence-corrected chi connectivity index (χ0v) is 11.1. The van der Waals surface area contributed by atoms with E-state index < -0.39 is 10.2 Å². The molecule has 1 aromatic carbocycles. The Balaban J connectivity index is 2.76. The highest BCUT2D eigenvalue weighted by atomic mass is 32.2. The molecule has 96 valence electrons. The maximum Gasteiger partial charge on any atom is 0.299 e. The van der Waals surface area contributed by atoms with Crippen LogP contribution in [0.3, 0.4) is 0 Å². The van der Waals surface area contributed by atoms with Crippen molar-refractivity contribution < 1.29 is 8.42 Å². The maximum absolute atomic E-state index is 11.7. The smallest absolute Gasteiger partial charge is 0.299 e. The van der Waals surface area contributed by atoms with Gasteiger partial charge in [-0.15, -0.1) is 0 Å². The second kappa shape index (κ2) is 5.37. The molecule has 1 aromatic rings. The zero-order chi connectivity index (χ0) is 13.1. The van der Waals surface area contributed by atoms with Crippen LogP contribution in [0, 0.1) is 12.8 Å². The Bertz CT molecular complexity index is 483. The van der Waals surface area contributed by atoms with Crippen molar-refractivity contribution in [2.75, 3.05) is 17.0 Å². The molecule has 0 heterocycles. The average molecular weight is 257 g/mol. The molecular weight excluding hydrogens is 238 g/mol. The Morgan fingerprint density at radius 1 is 1.35 bits per heavy atom. The van der Waals surface area contributed by atoms with E-state index in [-0.39, 0.29) is 5.92 Å². The quantitative estimate of drug-likeness (QED) is 0.698. The van der Waals surface area contributed by atoms with Crippen molar-refractivity contribution in [2.45, 2.75) is 20.8 Å². The summed E-state index contributed by atoms with van der Waals surface area (Å²) in [6, 6.07) is 5.03. The van der Waals surface area contributed by atoms with Gasteiger partial charge in [0.2, 0.25) is 0 Å². The lowest BCUT2D eigenvalue weighted by Gasteiger charge is -2.12. The number of nitrogens with two attached hydrogens (primary N) is 1. The van der Waals surface area contributed by atoms with Gasteiger partial charge >= 0.3 is 0 Å². The minimum absolute atomic E-state index is 0.263. The Hall–Kier alpha value is -1.27. The molecule has 0 amide bonds. The van der Waals surface area contributed by atoms with Crippen LogP contribution < -0.4 is 15.2 Å². The molecule has 5 nitrogen and oxygen atoms in total. The van der Waals surface area contributed by atoms with E-state index in [1.807, 2.05) is 13.8 Å². The predicted octanol–water partition coefficient (Wildman–Crippen LogP) is 1.48. The molecule has 0 fully saturated rings. The maximum atomic E-state index is 11.7. The molecule has 0 spiro atoms. The third-order valence-electron chi connectivity index (χ3n) is 2.18. The summed E-state index contributed by atoms with van der Waals surface area (Å²) in [6.07, 6.45) is 0. The van der Waals surface area contributed by atoms with Crippen LogP contribution >= 0.6 is 0 Å². The van der Waals surface area contributed by atoms with Crippen molar-refractivity contribution >= 4 is 21.6 Å². The summed E-state index contributed by atoms with van der Waals surface area (Å²) in [5.41, 5.74) is 7.54. The first-order chi connectivity index (χ1) is 7.80. The number of nitrogen functional groups attached to an aromatic ring is 1. The predicted molar refractivity (Wildman–Crippen MR) is 71.0 cm³/mol. The normalized spacial score (nSPS) is 11.8. The molecule has 0 aliphatic heterocycles. The van der Waals surface area contributed by atoms with Gasteiger partial charge < -0.3 is 5.73 Å². The van der Waals surface area contributed by atoms with Gasteiger partial charge in [0.25, 0.3) is 10.2 Å². The van der Waals surface area contributed by atoms with Crippen LogP contribution in [0.15, 0.2) is 18.2 Å². The second-order valence-corrected chi connectivity index (χ2v) is 5.92. The molecule has 0 unspecified atom stereocenters. The summed E-state index contributed by atoms with van der Waals surface area (Å²) in [5, 5.41) is 0. The van der Waals surface area contributed by atoms with Gasteiger partial charge in [-0.3, -0.25) is 4.72 Å². The molecule has 0 aliphatic rings. The van der Waals surface area contributed by atoms with Crippen molar-refractivity contribution in [3.05, 3.63) is 23.8 Å². The van der Waals surface area contributed by atoms with E-state index in [1.165, 1.54) is 0 Å². The molecule has 0 bridgehead atoms. The van der Waals surface area contributed by atoms with Crippen molar-refractivity contribution in [2.24, 2.45) is 5.92 Å². The van der Waals surface area contributed by atoms with Gasteiger partial charge in [0.05, 0.1) is 5.69 Å². The van der Waals surface area contributed by atoms with Crippen LogP contribution in [-0.2, 0) is 10.2 Å². The van der Waals surface area contributed by atoms with E-state index in [1.54, 1.807) is 25.1 Å². The van der Waals surface area contributed by atoms with E-state index >= 15 is 0 Å². The highest BCUT2D eigenvalue weighted by molar-refractivity contribution is 7.90. The molecule has 17 heavy (non-hydrogen) atoms. The van der Waals surface area contributed by atoms with Gasteiger partial charge in [-0.2, -0.15) is 13.1 Å². The van der Waals surface area contributed by atoms with Gasteiger partial charge in [-0.25, -0.2) is 0 Å². The largest absolute Gasteiger partial charge is 0.399 e. The standard InChI is InChI=1S/C11H19N3O2S/c1-8(2)7-13-17(15,16)14-11-5-4-10(12)6-9(11)3/h4-6,8,13-14H,7,12H2,1-3H3. The number of hydrogen-bond acceptors (Lipinski definition) is 3. The summed E-state index contributed by atoms with van der Waals surface area (Å²) in [4.78, 5) is 0.